The molecule has 2 unspecified atom stereocenters. The molecule has 0 bridgehead atoms. The standard InChI is InChI=1S/C16H23NO4/c1-12(8-9-14(18)19)10-11-17-16(20)15(21-2)13-6-4-3-5-7-13/h3-7,12,15H,8-11H2,1-2H3,(H,17,20)(H,18,19). The van der Waals surface area contributed by atoms with E-state index >= 15 is 0 Å². The SMILES string of the molecule is COC(C(=O)NCCC(C)CCC(=O)O)c1ccccc1. The first-order chi connectivity index (χ1) is 10.0. The van der Waals surface area contributed by atoms with Crippen LogP contribution in [0, 0.1) is 5.92 Å². The second-order valence-corrected chi connectivity index (χ2v) is 5.14. The molecule has 1 rings (SSSR count). The minimum absolute atomic E-state index is 0.166. The summed E-state index contributed by atoms with van der Waals surface area (Å²) < 4.78 is 5.24. The van der Waals surface area contributed by atoms with Crippen LogP contribution in [0.15, 0.2) is 30.3 Å². The number of methoxy groups -OCH3 is 1. The Morgan fingerprint density at radius 3 is 2.48 bits per heavy atom. The van der Waals surface area contributed by atoms with Crippen molar-refractivity contribution in [3.63, 3.8) is 0 Å². The van der Waals surface area contributed by atoms with Crippen molar-refractivity contribution >= 4 is 11.9 Å². The molecular weight excluding hydrogens is 270 g/mol. The zero-order valence-corrected chi connectivity index (χ0v) is 12.5. The Morgan fingerprint density at radius 1 is 1.24 bits per heavy atom. The zero-order valence-electron chi connectivity index (χ0n) is 12.5. The van der Waals surface area contributed by atoms with Crippen LogP contribution in [0.1, 0.15) is 37.9 Å². The van der Waals surface area contributed by atoms with Crippen LogP contribution in [-0.4, -0.2) is 30.6 Å². The third-order valence-electron chi connectivity index (χ3n) is 3.36. The summed E-state index contributed by atoms with van der Waals surface area (Å²) in [6.45, 7) is 2.51. The van der Waals surface area contributed by atoms with Gasteiger partial charge < -0.3 is 15.2 Å². The lowest BCUT2D eigenvalue weighted by atomic mass is 10.0. The van der Waals surface area contributed by atoms with Gasteiger partial charge in [-0.25, -0.2) is 0 Å². The number of amides is 1. The van der Waals surface area contributed by atoms with Crippen molar-refractivity contribution in [3.05, 3.63) is 35.9 Å². The van der Waals surface area contributed by atoms with Gasteiger partial charge in [0.2, 0.25) is 0 Å². The first kappa shape index (κ1) is 17.2. The molecule has 0 spiro atoms. The Morgan fingerprint density at radius 2 is 1.90 bits per heavy atom. The Hall–Kier alpha value is -1.88. The lowest BCUT2D eigenvalue weighted by molar-refractivity contribution is -0.137. The summed E-state index contributed by atoms with van der Waals surface area (Å²) in [4.78, 5) is 22.6. The van der Waals surface area contributed by atoms with Crippen LogP contribution in [0.5, 0.6) is 0 Å². The van der Waals surface area contributed by atoms with Crippen LogP contribution < -0.4 is 5.32 Å². The molecule has 21 heavy (non-hydrogen) atoms. The molecule has 0 saturated heterocycles. The maximum absolute atomic E-state index is 12.1. The highest BCUT2D eigenvalue weighted by Gasteiger charge is 2.19. The van der Waals surface area contributed by atoms with Gasteiger partial charge in [0, 0.05) is 20.1 Å². The highest BCUT2D eigenvalue weighted by molar-refractivity contribution is 5.82. The topological polar surface area (TPSA) is 75.6 Å². The van der Waals surface area contributed by atoms with Gasteiger partial charge >= 0.3 is 5.97 Å². The van der Waals surface area contributed by atoms with E-state index in [0.29, 0.717) is 13.0 Å². The molecule has 0 aliphatic carbocycles. The fraction of sp³-hybridized carbons (Fsp3) is 0.500. The minimum atomic E-state index is -0.783. The number of nitrogens with one attached hydrogen (secondary N) is 1. The predicted octanol–water partition coefficient (Wildman–Crippen LogP) is 2.38. The summed E-state index contributed by atoms with van der Waals surface area (Å²) in [5, 5.41) is 11.5. The number of ether oxygens (including phenoxy) is 1. The molecule has 5 heteroatoms. The van der Waals surface area contributed by atoms with Gasteiger partial charge in [-0.05, 0) is 24.3 Å². The number of carboxylic acid groups (broad SMARTS) is 1. The number of rotatable bonds is 9. The lowest BCUT2D eigenvalue weighted by Crippen LogP contribution is -2.31. The molecule has 0 aliphatic rings. The van der Waals surface area contributed by atoms with Gasteiger partial charge in [-0.1, -0.05) is 37.3 Å². The summed E-state index contributed by atoms with van der Waals surface area (Å²) in [5.74, 6) is -0.692. The molecule has 1 aromatic rings. The number of benzene rings is 1. The molecule has 0 heterocycles. The van der Waals surface area contributed by atoms with E-state index in [-0.39, 0.29) is 18.2 Å². The van der Waals surface area contributed by atoms with E-state index in [1.807, 2.05) is 37.3 Å². The van der Waals surface area contributed by atoms with E-state index < -0.39 is 12.1 Å². The van der Waals surface area contributed by atoms with E-state index in [4.69, 9.17) is 9.84 Å². The molecule has 0 aromatic heterocycles. The van der Waals surface area contributed by atoms with Gasteiger partial charge in [0.1, 0.15) is 0 Å². The van der Waals surface area contributed by atoms with Crippen molar-refractivity contribution in [2.75, 3.05) is 13.7 Å². The van der Waals surface area contributed by atoms with Crippen LogP contribution in [0.2, 0.25) is 0 Å². The average molecular weight is 293 g/mol. The molecule has 0 radical (unpaired) electrons. The Bertz CT molecular complexity index is 447. The monoisotopic (exact) mass is 293 g/mol. The summed E-state index contributed by atoms with van der Waals surface area (Å²) >= 11 is 0. The lowest BCUT2D eigenvalue weighted by Gasteiger charge is -2.16. The Balaban J connectivity index is 2.37. The summed E-state index contributed by atoms with van der Waals surface area (Å²) in [6.07, 6.45) is 0.933. The van der Waals surface area contributed by atoms with Gasteiger partial charge in [0.15, 0.2) is 6.10 Å². The van der Waals surface area contributed by atoms with Crippen LogP contribution in [-0.2, 0) is 14.3 Å². The highest BCUT2D eigenvalue weighted by Crippen LogP contribution is 2.16. The van der Waals surface area contributed by atoms with Crippen molar-refractivity contribution in [1.29, 1.82) is 0 Å². The highest BCUT2D eigenvalue weighted by atomic mass is 16.5. The van der Waals surface area contributed by atoms with E-state index in [0.717, 1.165) is 12.0 Å². The number of carboxylic acids is 1. The first-order valence-corrected chi connectivity index (χ1v) is 7.11. The first-order valence-electron chi connectivity index (χ1n) is 7.11. The molecule has 5 nitrogen and oxygen atoms in total. The van der Waals surface area contributed by atoms with Gasteiger partial charge in [-0.15, -0.1) is 0 Å². The molecule has 116 valence electrons. The molecule has 0 aliphatic heterocycles. The van der Waals surface area contributed by atoms with E-state index in [2.05, 4.69) is 5.32 Å². The van der Waals surface area contributed by atoms with Gasteiger partial charge in [0.05, 0.1) is 0 Å². The van der Waals surface area contributed by atoms with Gasteiger partial charge in [-0.2, -0.15) is 0 Å². The van der Waals surface area contributed by atoms with Crippen molar-refractivity contribution in [2.45, 2.75) is 32.3 Å². The maximum atomic E-state index is 12.1. The third kappa shape index (κ3) is 6.40. The van der Waals surface area contributed by atoms with Crippen LogP contribution in [0.3, 0.4) is 0 Å². The second kappa shape index (κ2) is 9.13. The molecule has 2 atom stereocenters. The molecular formula is C16H23NO4. The Kier molecular flexibility index (Phi) is 7.46. The van der Waals surface area contributed by atoms with Gasteiger partial charge in [-0.3, -0.25) is 9.59 Å². The number of hydrogen-bond donors (Lipinski definition) is 2. The number of carbonyl (C=O) groups is 2. The fourth-order valence-electron chi connectivity index (χ4n) is 2.07. The molecule has 2 N–H and O–H groups in total. The molecule has 0 fully saturated rings. The van der Waals surface area contributed by atoms with Gasteiger partial charge in [0.25, 0.3) is 5.91 Å². The van der Waals surface area contributed by atoms with Crippen molar-refractivity contribution in [2.24, 2.45) is 5.92 Å². The zero-order chi connectivity index (χ0) is 15.7. The van der Waals surface area contributed by atoms with Crippen molar-refractivity contribution < 1.29 is 19.4 Å². The van der Waals surface area contributed by atoms with Crippen molar-refractivity contribution in [1.82, 2.24) is 5.32 Å². The summed E-state index contributed by atoms with van der Waals surface area (Å²) in [6, 6.07) is 9.32. The minimum Gasteiger partial charge on any atom is -0.481 e. The molecule has 1 aromatic carbocycles. The number of carbonyl (C=O) groups excluding carboxylic acids is 1. The normalized spacial score (nSPS) is 13.4. The average Bonchev–Trinajstić information content (AvgIpc) is 2.47. The third-order valence-corrected chi connectivity index (χ3v) is 3.36. The summed E-state index contributed by atoms with van der Waals surface area (Å²) in [7, 11) is 1.51. The predicted molar refractivity (Wildman–Crippen MR) is 79.9 cm³/mol. The van der Waals surface area contributed by atoms with E-state index in [1.165, 1.54) is 7.11 Å². The maximum Gasteiger partial charge on any atom is 0.303 e. The van der Waals surface area contributed by atoms with Crippen LogP contribution in [0.4, 0.5) is 0 Å². The largest absolute Gasteiger partial charge is 0.481 e. The smallest absolute Gasteiger partial charge is 0.303 e. The summed E-state index contributed by atoms with van der Waals surface area (Å²) in [5.41, 5.74) is 0.816. The molecule has 1 amide bonds. The van der Waals surface area contributed by atoms with Crippen LogP contribution in [0.25, 0.3) is 0 Å². The van der Waals surface area contributed by atoms with Crippen molar-refractivity contribution in [3.8, 4) is 0 Å². The van der Waals surface area contributed by atoms with Crippen LogP contribution >= 0.6 is 0 Å². The number of aliphatic carboxylic acids is 1. The Labute approximate surface area is 125 Å². The molecule has 0 saturated carbocycles. The quantitative estimate of drug-likeness (QED) is 0.733. The number of hydrogen-bond acceptors (Lipinski definition) is 3. The fourth-order valence-corrected chi connectivity index (χ4v) is 2.07. The van der Waals surface area contributed by atoms with E-state index in [1.54, 1.807) is 0 Å². The van der Waals surface area contributed by atoms with E-state index in [9.17, 15) is 9.59 Å². The second-order valence-electron chi connectivity index (χ2n) is 5.14.